The molecule has 0 aliphatic heterocycles. The summed E-state index contributed by atoms with van der Waals surface area (Å²) in [7, 11) is 1.64. The Morgan fingerprint density at radius 3 is 2.41 bits per heavy atom. The molecule has 0 saturated heterocycles. The van der Waals surface area contributed by atoms with Gasteiger partial charge >= 0.3 is 5.97 Å². The predicted octanol–water partition coefficient (Wildman–Crippen LogP) is 4.57. The van der Waals surface area contributed by atoms with Crippen LogP contribution in [-0.2, 0) is 11.8 Å². The number of esters is 1. The first-order chi connectivity index (χ1) is 12.7. The first-order valence-corrected chi connectivity index (χ1v) is 12.2. The standard InChI is InChI=1S/C22H23NO3Si/c1-23-19-14-20(24)18(22(25)26-2)13-17(19)16(11-12-27(3,4)5)21(23)15-9-7-6-8-10-15/h6-10,13-14,24H,1-5H3. The lowest BCUT2D eigenvalue weighted by Gasteiger charge is -2.06. The summed E-state index contributed by atoms with van der Waals surface area (Å²) in [4.78, 5) is 12.0. The molecule has 4 nitrogen and oxygen atoms in total. The van der Waals surface area contributed by atoms with E-state index in [9.17, 15) is 9.90 Å². The van der Waals surface area contributed by atoms with Crippen LogP contribution in [0.5, 0.6) is 5.75 Å². The molecule has 0 radical (unpaired) electrons. The number of benzene rings is 2. The second kappa shape index (κ2) is 6.97. The number of phenolic OH excluding ortho intramolecular Hbond substituents is 1. The fraction of sp³-hybridized carbons (Fsp3) is 0.227. The predicted molar refractivity (Wildman–Crippen MR) is 112 cm³/mol. The van der Waals surface area contributed by atoms with Gasteiger partial charge in [-0.1, -0.05) is 55.9 Å². The van der Waals surface area contributed by atoms with Gasteiger partial charge in [-0.3, -0.25) is 0 Å². The highest BCUT2D eigenvalue weighted by atomic mass is 28.3. The summed E-state index contributed by atoms with van der Waals surface area (Å²) in [5.41, 5.74) is 7.27. The van der Waals surface area contributed by atoms with Crippen molar-refractivity contribution >= 4 is 24.9 Å². The average Bonchev–Trinajstić information content (AvgIpc) is 2.90. The minimum absolute atomic E-state index is 0.0979. The molecular weight excluding hydrogens is 354 g/mol. The highest BCUT2D eigenvalue weighted by Crippen LogP contribution is 2.36. The fourth-order valence-electron chi connectivity index (χ4n) is 3.05. The van der Waals surface area contributed by atoms with Crippen molar-refractivity contribution in [3.63, 3.8) is 0 Å². The van der Waals surface area contributed by atoms with Crippen LogP contribution in [0.1, 0.15) is 15.9 Å². The summed E-state index contributed by atoms with van der Waals surface area (Å²) in [6.07, 6.45) is 0. The van der Waals surface area contributed by atoms with Gasteiger partial charge in [0.25, 0.3) is 0 Å². The molecule has 27 heavy (non-hydrogen) atoms. The van der Waals surface area contributed by atoms with Crippen LogP contribution in [0.4, 0.5) is 0 Å². The van der Waals surface area contributed by atoms with Crippen molar-refractivity contribution in [3.05, 3.63) is 53.6 Å². The lowest BCUT2D eigenvalue weighted by atomic mass is 10.0. The first kappa shape index (κ1) is 18.8. The number of nitrogens with zero attached hydrogens (tertiary/aromatic N) is 1. The van der Waals surface area contributed by atoms with Crippen LogP contribution in [0.25, 0.3) is 22.2 Å². The number of carbonyl (C=O) groups excluding carboxylic acids is 1. The molecule has 1 heterocycles. The van der Waals surface area contributed by atoms with Crippen molar-refractivity contribution in [3.8, 4) is 28.5 Å². The Hall–Kier alpha value is -2.97. The van der Waals surface area contributed by atoms with Crippen LogP contribution in [0.3, 0.4) is 0 Å². The number of carbonyl (C=O) groups is 1. The maximum atomic E-state index is 12.0. The van der Waals surface area contributed by atoms with Crippen LogP contribution in [0.2, 0.25) is 19.6 Å². The molecular formula is C22H23NO3Si. The van der Waals surface area contributed by atoms with Crippen LogP contribution in [-0.4, -0.2) is 30.8 Å². The molecule has 3 aromatic rings. The number of ether oxygens (including phenoxy) is 1. The number of phenols is 1. The molecule has 138 valence electrons. The van der Waals surface area contributed by atoms with Gasteiger partial charge in [-0.05, 0) is 11.6 Å². The monoisotopic (exact) mass is 377 g/mol. The van der Waals surface area contributed by atoms with Crippen molar-refractivity contribution in [2.75, 3.05) is 7.11 Å². The second-order valence-corrected chi connectivity index (χ2v) is 12.3. The molecule has 0 unspecified atom stereocenters. The van der Waals surface area contributed by atoms with Crippen LogP contribution < -0.4 is 0 Å². The van der Waals surface area contributed by atoms with Gasteiger partial charge in [0, 0.05) is 18.5 Å². The van der Waals surface area contributed by atoms with E-state index in [1.54, 1.807) is 12.1 Å². The van der Waals surface area contributed by atoms with E-state index < -0.39 is 14.0 Å². The number of aromatic nitrogens is 1. The fourth-order valence-corrected chi connectivity index (χ4v) is 3.55. The van der Waals surface area contributed by atoms with E-state index >= 15 is 0 Å². The Bertz CT molecular complexity index is 1080. The Labute approximate surface area is 160 Å². The summed E-state index contributed by atoms with van der Waals surface area (Å²) in [5, 5.41) is 11.2. The molecule has 5 heteroatoms. The zero-order valence-electron chi connectivity index (χ0n) is 16.3. The van der Waals surface area contributed by atoms with E-state index in [1.807, 2.05) is 41.9 Å². The third kappa shape index (κ3) is 3.62. The van der Waals surface area contributed by atoms with Gasteiger partial charge in [-0.2, -0.15) is 0 Å². The van der Waals surface area contributed by atoms with Crippen LogP contribution >= 0.6 is 0 Å². The van der Waals surface area contributed by atoms with Gasteiger partial charge < -0.3 is 14.4 Å². The maximum absolute atomic E-state index is 12.0. The molecule has 1 aromatic heterocycles. The molecule has 0 fully saturated rings. The summed E-state index contributed by atoms with van der Waals surface area (Å²) in [6, 6.07) is 13.3. The third-order valence-corrected chi connectivity index (χ3v) is 5.21. The van der Waals surface area contributed by atoms with Gasteiger partial charge in [-0.25, -0.2) is 4.79 Å². The van der Waals surface area contributed by atoms with Gasteiger partial charge in [-0.15, -0.1) is 5.54 Å². The Kier molecular flexibility index (Phi) is 4.86. The molecule has 0 bridgehead atoms. The molecule has 1 N–H and O–H groups in total. The summed E-state index contributed by atoms with van der Waals surface area (Å²) in [6.45, 7) is 6.58. The lowest BCUT2D eigenvalue weighted by Crippen LogP contribution is -2.16. The van der Waals surface area contributed by atoms with Crippen molar-refractivity contribution in [2.45, 2.75) is 19.6 Å². The van der Waals surface area contributed by atoms with Crippen LogP contribution in [0.15, 0.2) is 42.5 Å². The van der Waals surface area contributed by atoms with Gasteiger partial charge in [0.2, 0.25) is 0 Å². The Balaban J connectivity index is 2.41. The Morgan fingerprint density at radius 1 is 1.15 bits per heavy atom. The molecule has 0 spiro atoms. The van der Waals surface area contributed by atoms with E-state index in [1.165, 1.54) is 7.11 Å². The SMILES string of the molecule is COC(=O)c1cc2c(C#C[Si](C)(C)C)c(-c3ccccc3)n(C)c2cc1O. The number of aromatic hydroxyl groups is 1. The molecule has 0 aliphatic carbocycles. The topological polar surface area (TPSA) is 51.5 Å². The van der Waals surface area contributed by atoms with Crippen molar-refractivity contribution in [1.82, 2.24) is 4.57 Å². The molecule has 0 atom stereocenters. The summed E-state index contributed by atoms with van der Waals surface area (Å²) in [5.74, 6) is 2.71. The van der Waals surface area contributed by atoms with E-state index in [4.69, 9.17) is 4.74 Å². The number of aryl methyl sites for hydroxylation is 1. The molecule has 0 aliphatic rings. The minimum Gasteiger partial charge on any atom is -0.507 e. The van der Waals surface area contributed by atoms with Gasteiger partial charge in [0.05, 0.1) is 23.9 Å². The number of rotatable bonds is 2. The normalized spacial score (nSPS) is 11.1. The van der Waals surface area contributed by atoms with Crippen molar-refractivity contribution in [2.24, 2.45) is 7.05 Å². The molecule has 3 rings (SSSR count). The minimum atomic E-state index is -1.61. The van der Waals surface area contributed by atoms with E-state index in [0.717, 1.165) is 27.7 Å². The van der Waals surface area contributed by atoms with E-state index in [0.29, 0.717) is 0 Å². The number of hydrogen-bond acceptors (Lipinski definition) is 3. The lowest BCUT2D eigenvalue weighted by molar-refractivity contribution is 0.0597. The summed E-state index contributed by atoms with van der Waals surface area (Å²) < 4.78 is 6.82. The number of fused-ring (bicyclic) bond motifs is 1. The largest absolute Gasteiger partial charge is 0.507 e. The van der Waals surface area contributed by atoms with Crippen molar-refractivity contribution in [1.29, 1.82) is 0 Å². The zero-order valence-corrected chi connectivity index (χ0v) is 17.3. The van der Waals surface area contributed by atoms with Gasteiger partial charge in [0.1, 0.15) is 19.4 Å². The van der Waals surface area contributed by atoms with E-state index in [2.05, 4.69) is 31.1 Å². The van der Waals surface area contributed by atoms with Gasteiger partial charge in [0.15, 0.2) is 0 Å². The number of hydrogen-bond donors (Lipinski definition) is 1. The molecule has 0 amide bonds. The zero-order chi connectivity index (χ0) is 19.8. The number of methoxy groups -OCH3 is 1. The quantitative estimate of drug-likeness (QED) is 0.404. The van der Waals surface area contributed by atoms with Crippen molar-refractivity contribution < 1.29 is 14.6 Å². The smallest absolute Gasteiger partial charge is 0.341 e. The third-order valence-electron chi connectivity index (χ3n) is 4.33. The summed E-state index contributed by atoms with van der Waals surface area (Å²) >= 11 is 0. The highest BCUT2D eigenvalue weighted by Gasteiger charge is 2.21. The van der Waals surface area contributed by atoms with E-state index in [-0.39, 0.29) is 11.3 Å². The second-order valence-electron chi connectivity index (χ2n) is 7.53. The molecule has 2 aromatic carbocycles. The highest BCUT2D eigenvalue weighted by molar-refractivity contribution is 6.83. The first-order valence-electron chi connectivity index (χ1n) is 8.75. The average molecular weight is 378 g/mol. The molecule has 0 saturated carbocycles. The maximum Gasteiger partial charge on any atom is 0.341 e. The Morgan fingerprint density at radius 2 is 1.81 bits per heavy atom. The van der Waals surface area contributed by atoms with Crippen LogP contribution in [0, 0.1) is 11.5 Å².